The second kappa shape index (κ2) is 7.95. The Hall–Kier alpha value is -1.54. The van der Waals surface area contributed by atoms with Crippen LogP contribution in [0.5, 0.6) is 0 Å². The molecule has 0 saturated carbocycles. The van der Waals surface area contributed by atoms with E-state index in [1.54, 1.807) is 0 Å². The molecule has 1 aromatic rings. The van der Waals surface area contributed by atoms with Gasteiger partial charge in [-0.3, -0.25) is 14.4 Å². The smallest absolute Gasteiger partial charge is 0.263 e. The molecule has 0 unspecified atom stereocenters. The van der Waals surface area contributed by atoms with Crippen LogP contribution in [0.4, 0.5) is 0 Å². The Morgan fingerprint density at radius 3 is 2.62 bits per heavy atom. The Balaban J connectivity index is 1.44. The minimum Gasteiger partial charge on any atom is -0.339 e. The number of piperidine rings is 3. The van der Waals surface area contributed by atoms with E-state index in [0.717, 1.165) is 48.7 Å². The number of fused-ring (bicyclic) bond motifs is 4. The van der Waals surface area contributed by atoms with Crippen LogP contribution in [0.25, 0.3) is 0 Å². The average Bonchev–Trinajstić information content (AvgIpc) is 3.29. The highest BCUT2D eigenvalue weighted by Crippen LogP contribution is 2.42. The molecule has 4 aliphatic heterocycles. The van der Waals surface area contributed by atoms with Gasteiger partial charge in [0.2, 0.25) is 11.8 Å². The summed E-state index contributed by atoms with van der Waals surface area (Å²) in [6.45, 7) is 2.80. The van der Waals surface area contributed by atoms with Crippen molar-refractivity contribution >= 4 is 40.8 Å². The summed E-state index contributed by atoms with van der Waals surface area (Å²) in [6, 6.07) is 3.48. The molecule has 6 nitrogen and oxygen atoms in total. The summed E-state index contributed by atoms with van der Waals surface area (Å²) in [5.41, 5.74) is 0. The predicted octanol–water partition coefficient (Wildman–Crippen LogP) is 2.17. The van der Waals surface area contributed by atoms with Gasteiger partial charge in [-0.25, -0.2) is 0 Å². The minimum atomic E-state index is -0.397. The van der Waals surface area contributed by atoms with E-state index < -0.39 is 6.04 Å². The summed E-state index contributed by atoms with van der Waals surface area (Å²) in [4.78, 5) is 46.2. The van der Waals surface area contributed by atoms with Gasteiger partial charge in [0.05, 0.1) is 4.88 Å². The molecular weight excluding hydrogens is 406 g/mol. The maximum atomic E-state index is 13.6. The number of hydrogen-bond acceptors (Lipinski definition) is 5. The van der Waals surface area contributed by atoms with Crippen molar-refractivity contribution in [2.24, 2.45) is 11.8 Å². The van der Waals surface area contributed by atoms with Crippen molar-refractivity contribution in [3.63, 3.8) is 0 Å². The van der Waals surface area contributed by atoms with E-state index in [1.165, 1.54) is 11.3 Å². The third-order valence-corrected chi connectivity index (χ3v) is 8.74. The Kier molecular flexibility index (Phi) is 5.32. The highest BCUT2D eigenvalue weighted by molar-refractivity contribution is 7.99. The maximum Gasteiger partial charge on any atom is 0.263 e. The van der Waals surface area contributed by atoms with Gasteiger partial charge >= 0.3 is 0 Å². The topological polar surface area (TPSA) is 60.9 Å². The van der Waals surface area contributed by atoms with Crippen LogP contribution in [0.3, 0.4) is 0 Å². The van der Waals surface area contributed by atoms with Gasteiger partial charge < -0.3 is 14.7 Å². The quantitative estimate of drug-likeness (QED) is 0.717. The number of likely N-dealkylation sites (tertiary alicyclic amines) is 1. The van der Waals surface area contributed by atoms with Crippen molar-refractivity contribution in [2.75, 3.05) is 37.7 Å². The number of thiophene rings is 1. The summed E-state index contributed by atoms with van der Waals surface area (Å²) in [6.07, 6.45) is 3.33. The van der Waals surface area contributed by atoms with Crippen molar-refractivity contribution in [2.45, 2.75) is 37.8 Å². The molecule has 156 valence electrons. The van der Waals surface area contributed by atoms with Crippen LogP contribution in [-0.2, 0) is 9.59 Å². The van der Waals surface area contributed by atoms with Crippen LogP contribution in [0.15, 0.2) is 17.5 Å². The molecule has 3 amide bonds. The van der Waals surface area contributed by atoms with Gasteiger partial charge in [-0.1, -0.05) is 6.07 Å². The first-order chi connectivity index (χ1) is 14.1. The first-order valence-electron chi connectivity index (χ1n) is 10.6. The predicted molar refractivity (Wildman–Crippen MR) is 114 cm³/mol. The first kappa shape index (κ1) is 19.4. The van der Waals surface area contributed by atoms with Crippen molar-refractivity contribution in [3.05, 3.63) is 22.4 Å². The lowest BCUT2D eigenvalue weighted by atomic mass is 9.71. The Morgan fingerprint density at radius 1 is 1.07 bits per heavy atom. The van der Waals surface area contributed by atoms with Gasteiger partial charge in [-0.15, -0.1) is 11.3 Å². The van der Waals surface area contributed by atoms with Crippen LogP contribution in [0.2, 0.25) is 0 Å². The monoisotopic (exact) mass is 433 g/mol. The van der Waals surface area contributed by atoms with Gasteiger partial charge in [0.1, 0.15) is 6.04 Å². The molecule has 4 atom stereocenters. The fourth-order valence-corrected chi connectivity index (χ4v) is 7.26. The molecule has 0 aromatic carbocycles. The molecule has 5 rings (SSSR count). The maximum absolute atomic E-state index is 13.6. The number of amides is 3. The molecule has 4 fully saturated rings. The van der Waals surface area contributed by atoms with E-state index in [9.17, 15) is 14.4 Å². The Labute approximate surface area is 179 Å². The number of hydrogen-bond donors (Lipinski definition) is 0. The van der Waals surface area contributed by atoms with Gasteiger partial charge in [-0.05, 0) is 36.6 Å². The minimum absolute atomic E-state index is 0.0399. The summed E-state index contributed by atoms with van der Waals surface area (Å²) in [7, 11) is 0. The van der Waals surface area contributed by atoms with E-state index in [2.05, 4.69) is 0 Å². The molecule has 29 heavy (non-hydrogen) atoms. The van der Waals surface area contributed by atoms with Crippen LogP contribution in [0.1, 0.15) is 35.4 Å². The second-order valence-electron chi connectivity index (χ2n) is 8.59. The van der Waals surface area contributed by atoms with Gasteiger partial charge in [-0.2, -0.15) is 11.8 Å². The van der Waals surface area contributed by atoms with Crippen molar-refractivity contribution in [1.82, 2.24) is 14.7 Å². The molecule has 2 bridgehead atoms. The van der Waals surface area contributed by atoms with Crippen LogP contribution < -0.4 is 0 Å². The lowest BCUT2D eigenvalue weighted by molar-refractivity contribution is -0.164. The van der Waals surface area contributed by atoms with E-state index >= 15 is 0 Å². The average molecular weight is 434 g/mol. The van der Waals surface area contributed by atoms with Gasteiger partial charge in [0.15, 0.2) is 0 Å². The lowest BCUT2D eigenvalue weighted by Gasteiger charge is -2.56. The third-order valence-electron chi connectivity index (χ3n) is 6.94. The second-order valence-corrected chi connectivity index (χ2v) is 10.8. The Bertz CT molecular complexity index is 793. The highest BCUT2D eigenvalue weighted by atomic mass is 32.2. The Morgan fingerprint density at radius 2 is 1.86 bits per heavy atom. The number of rotatable bonds is 2. The highest BCUT2D eigenvalue weighted by Gasteiger charge is 2.53. The molecule has 5 heterocycles. The van der Waals surface area contributed by atoms with E-state index in [-0.39, 0.29) is 35.6 Å². The number of carbonyl (C=O) groups excluding carboxylic acids is 3. The number of thioether (sulfide) groups is 1. The zero-order chi connectivity index (χ0) is 20.0. The van der Waals surface area contributed by atoms with Crippen LogP contribution in [0, 0.1) is 11.8 Å². The zero-order valence-corrected chi connectivity index (χ0v) is 18.1. The molecule has 4 aliphatic rings. The first-order valence-corrected chi connectivity index (χ1v) is 12.7. The third kappa shape index (κ3) is 3.48. The van der Waals surface area contributed by atoms with Crippen molar-refractivity contribution in [1.29, 1.82) is 0 Å². The summed E-state index contributed by atoms with van der Waals surface area (Å²) < 4.78 is 0. The fraction of sp³-hybridized carbons (Fsp3) is 0.667. The van der Waals surface area contributed by atoms with E-state index in [4.69, 9.17) is 0 Å². The zero-order valence-electron chi connectivity index (χ0n) is 16.5. The number of nitrogens with zero attached hydrogens (tertiary/aromatic N) is 3. The normalized spacial score (nSPS) is 32.1. The molecule has 0 aliphatic carbocycles. The summed E-state index contributed by atoms with van der Waals surface area (Å²) in [5.74, 6) is 2.57. The largest absolute Gasteiger partial charge is 0.339 e. The van der Waals surface area contributed by atoms with Gasteiger partial charge in [0.25, 0.3) is 5.91 Å². The lowest BCUT2D eigenvalue weighted by Crippen LogP contribution is -2.69. The van der Waals surface area contributed by atoms with Gasteiger partial charge in [0, 0.05) is 56.1 Å². The molecule has 0 N–H and O–H groups in total. The summed E-state index contributed by atoms with van der Waals surface area (Å²) >= 11 is 3.35. The molecule has 4 saturated heterocycles. The van der Waals surface area contributed by atoms with E-state index in [0.29, 0.717) is 19.5 Å². The molecule has 0 radical (unpaired) electrons. The molecule has 0 spiro atoms. The molecule has 8 heteroatoms. The van der Waals surface area contributed by atoms with Crippen molar-refractivity contribution < 1.29 is 14.4 Å². The molecular formula is C21H27N3O3S2. The van der Waals surface area contributed by atoms with Crippen molar-refractivity contribution in [3.8, 4) is 0 Å². The van der Waals surface area contributed by atoms with E-state index in [1.807, 2.05) is 44.0 Å². The van der Waals surface area contributed by atoms with Crippen LogP contribution >= 0.6 is 23.1 Å². The standard InChI is InChI=1S/C21H27N3O3S2/c25-18-5-1-3-16-14-11-15(13-23(12-14)20(26)17-4-2-8-29-17)19(24(16)18)21(27)22-6-9-28-10-7-22/h2,4,8,14-16,19H,1,3,5-7,9-13H2/t14-,15+,16+,19-/m1/s1. The number of carbonyl (C=O) groups is 3. The molecule has 1 aromatic heterocycles. The summed E-state index contributed by atoms with van der Waals surface area (Å²) in [5, 5.41) is 1.93. The van der Waals surface area contributed by atoms with Crippen LogP contribution in [-0.4, -0.2) is 82.2 Å². The fourth-order valence-electron chi connectivity index (χ4n) is 5.67. The SMILES string of the molecule is O=C(c1cccs1)N1C[C@H]2C[C@@H](C1)[C@H](C(=O)N1CCSCC1)N1C(=O)CCC[C@@H]21.